The third-order valence-corrected chi connectivity index (χ3v) is 2.24. The average molecular weight is 209 g/mol. The van der Waals surface area contributed by atoms with Gasteiger partial charge in [-0.25, -0.2) is 0 Å². The van der Waals surface area contributed by atoms with Crippen LogP contribution in [0.25, 0.3) is 0 Å². The highest BCUT2D eigenvalue weighted by Gasteiger charge is 2.18. The Balaban J connectivity index is 2.40. The van der Waals surface area contributed by atoms with E-state index in [1.54, 1.807) is 18.5 Å². The van der Waals surface area contributed by atoms with Crippen molar-refractivity contribution in [1.29, 1.82) is 0 Å². The SMILES string of the molecule is CNCC(C)(C)CNC(=O)c1cc[nH]c1. The van der Waals surface area contributed by atoms with Gasteiger partial charge in [0, 0.05) is 25.5 Å². The van der Waals surface area contributed by atoms with Crippen molar-refractivity contribution < 1.29 is 4.79 Å². The van der Waals surface area contributed by atoms with E-state index in [2.05, 4.69) is 29.5 Å². The summed E-state index contributed by atoms with van der Waals surface area (Å²) in [7, 11) is 1.91. The first kappa shape index (κ1) is 11.8. The number of carbonyl (C=O) groups is 1. The van der Waals surface area contributed by atoms with E-state index in [4.69, 9.17) is 0 Å². The summed E-state index contributed by atoms with van der Waals surface area (Å²) in [4.78, 5) is 14.5. The van der Waals surface area contributed by atoms with Gasteiger partial charge in [-0.15, -0.1) is 0 Å². The third kappa shape index (κ3) is 3.75. The van der Waals surface area contributed by atoms with Crippen molar-refractivity contribution in [3.8, 4) is 0 Å². The van der Waals surface area contributed by atoms with Gasteiger partial charge in [0.15, 0.2) is 0 Å². The predicted molar refractivity (Wildman–Crippen MR) is 60.8 cm³/mol. The first-order valence-electron chi connectivity index (χ1n) is 5.11. The summed E-state index contributed by atoms with van der Waals surface area (Å²) in [5.74, 6) is -0.0274. The fraction of sp³-hybridized carbons (Fsp3) is 0.545. The molecule has 0 saturated heterocycles. The second kappa shape index (κ2) is 4.98. The van der Waals surface area contributed by atoms with Crippen molar-refractivity contribution in [2.75, 3.05) is 20.1 Å². The molecule has 4 nitrogen and oxygen atoms in total. The van der Waals surface area contributed by atoms with Gasteiger partial charge in [-0.2, -0.15) is 0 Å². The molecule has 0 fully saturated rings. The maximum absolute atomic E-state index is 11.6. The van der Waals surface area contributed by atoms with Crippen molar-refractivity contribution >= 4 is 5.91 Å². The van der Waals surface area contributed by atoms with Crippen molar-refractivity contribution in [1.82, 2.24) is 15.6 Å². The highest BCUT2D eigenvalue weighted by molar-refractivity contribution is 5.93. The smallest absolute Gasteiger partial charge is 0.252 e. The number of hydrogen-bond donors (Lipinski definition) is 3. The number of amides is 1. The largest absolute Gasteiger partial charge is 0.367 e. The lowest BCUT2D eigenvalue weighted by Crippen LogP contribution is -2.39. The highest BCUT2D eigenvalue weighted by Crippen LogP contribution is 2.11. The molecule has 1 amide bonds. The van der Waals surface area contributed by atoms with Gasteiger partial charge in [-0.05, 0) is 18.5 Å². The van der Waals surface area contributed by atoms with Crippen LogP contribution in [0.4, 0.5) is 0 Å². The van der Waals surface area contributed by atoms with Gasteiger partial charge in [-0.1, -0.05) is 13.8 Å². The summed E-state index contributed by atoms with van der Waals surface area (Å²) in [5.41, 5.74) is 0.746. The molecule has 0 atom stereocenters. The Bertz CT molecular complexity index is 304. The number of rotatable bonds is 5. The van der Waals surface area contributed by atoms with E-state index in [9.17, 15) is 4.79 Å². The van der Waals surface area contributed by atoms with Crippen LogP contribution in [0.3, 0.4) is 0 Å². The van der Waals surface area contributed by atoms with E-state index < -0.39 is 0 Å². The summed E-state index contributed by atoms with van der Waals surface area (Å²) in [5, 5.41) is 6.02. The van der Waals surface area contributed by atoms with Crippen LogP contribution in [0.5, 0.6) is 0 Å². The van der Waals surface area contributed by atoms with Crippen LogP contribution in [0.1, 0.15) is 24.2 Å². The summed E-state index contributed by atoms with van der Waals surface area (Å²) in [6.45, 7) is 5.76. The lowest BCUT2D eigenvalue weighted by Gasteiger charge is -2.24. The maximum atomic E-state index is 11.6. The van der Waals surface area contributed by atoms with Gasteiger partial charge in [0.05, 0.1) is 5.56 Å². The minimum Gasteiger partial charge on any atom is -0.367 e. The quantitative estimate of drug-likeness (QED) is 0.677. The van der Waals surface area contributed by atoms with Crippen molar-refractivity contribution in [3.63, 3.8) is 0 Å². The summed E-state index contributed by atoms with van der Waals surface area (Å²) >= 11 is 0. The fourth-order valence-electron chi connectivity index (χ4n) is 1.43. The van der Waals surface area contributed by atoms with Crippen LogP contribution in [0.2, 0.25) is 0 Å². The average Bonchev–Trinajstić information content (AvgIpc) is 2.67. The van der Waals surface area contributed by atoms with Crippen LogP contribution in [-0.4, -0.2) is 31.0 Å². The van der Waals surface area contributed by atoms with Gasteiger partial charge in [-0.3, -0.25) is 4.79 Å². The molecule has 4 heteroatoms. The Morgan fingerprint density at radius 1 is 1.47 bits per heavy atom. The van der Waals surface area contributed by atoms with E-state index in [0.717, 1.165) is 6.54 Å². The molecule has 1 rings (SSSR count). The Morgan fingerprint density at radius 3 is 2.73 bits per heavy atom. The van der Waals surface area contributed by atoms with Crippen molar-refractivity contribution in [3.05, 3.63) is 24.0 Å². The molecule has 0 aliphatic heterocycles. The summed E-state index contributed by atoms with van der Waals surface area (Å²) in [6, 6.07) is 1.76. The number of carbonyl (C=O) groups excluding carboxylic acids is 1. The molecule has 0 spiro atoms. The molecule has 0 saturated carbocycles. The van der Waals surface area contributed by atoms with Crippen molar-refractivity contribution in [2.24, 2.45) is 5.41 Å². The van der Waals surface area contributed by atoms with Crippen LogP contribution in [-0.2, 0) is 0 Å². The normalized spacial score (nSPS) is 11.4. The monoisotopic (exact) mass is 209 g/mol. The number of hydrogen-bond acceptors (Lipinski definition) is 2. The Kier molecular flexibility index (Phi) is 3.91. The van der Waals surface area contributed by atoms with Gasteiger partial charge < -0.3 is 15.6 Å². The third-order valence-electron chi connectivity index (χ3n) is 2.24. The molecule has 0 bridgehead atoms. The number of aromatic amines is 1. The van der Waals surface area contributed by atoms with Crippen LogP contribution in [0, 0.1) is 5.41 Å². The first-order valence-corrected chi connectivity index (χ1v) is 5.11. The molecular weight excluding hydrogens is 190 g/mol. The molecular formula is C11H19N3O. The van der Waals surface area contributed by atoms with E-state index in [0.29, 0.717) is 12.1 Å². The Morgan fingerprint density at radius 2 is 2.20 bits per heavy atom. The Hall–Kier alpha value is -1.29. The minimum atomic E-state index is -0.0274. The standard InChI is InChI=1S/C11H19N3O/c1-11(2,7-12-3)8-14-10(15)9-4-5-13-6-9/h4-6,12-13H,7-8H2,1-3H3,(H,14,15). The van der Waals surface area contributed by atoms with E-state index >= 15 is 0 Å². The molecule has 1 aromatic rings. The highest BCUT2D eigenvalue weighted by atomic mass is 16.1. The fourth-order valence-corrected chi connectivity index (χ4v) is 1.43. The second-order valence-electron chi connectivity index (χ2n) is 4.48. The summed E-state index contributed by atoms with van der Waals surface area (Å²) < 4.78 is 0. The van der Waals surface area contributed by atoms with Crippen LogP contribution in [0.15, 0.2) is 18.5 Å². The van der Waals surface area contributed by atoms with Crippen molar-refractivity contribution in [2.45, 2.75) is 13.8 Å². The summed E-state index contributed by atoms with van der Waals surface area (Å²) in [6.07, 6.45) is 3.44. The maximum Gasteiger partial charge on any atom is 0.252 e. The molecule has 0 radical (unpaired) electrons. The van der Waals surface area contributed by atoms with Gasteiger partial charge in [0.2, 0.25) is 0 Å². The molecule has 0 aliphatic carbocycles. The lowest BCUT2D eigenvalue weighted by molar-refractivity contribution is 0.0937. The first-order chi connectivity index (χ1) is 7.05. The topological polar surface area (TPSA) is 56.9 Å². The number of nitrogens with one attached hydrogen (secondary N) is 3. The minimum absolute atomic E-state index is 0.0274. The molecule has 0 unspecified atom stereocenters. The zero-order valence-electron chi connectivity index (χ0n) is 9.55. The zero-order chi connectivity index (χ0) is 11.3. The van der Waals surface area contributed by atoms with Crippen LogP contribution < -0.4 is 10.6 Å². The predicted octanol–water partition coefficient (Wildman–Crippen LogP) is 0.990. The lowest BCUT2D eigenvalue weighted by atomic mass is 9.93. The van der Waals surface area contributed by atoms with Gasteiger partial charge in [0.1, 0.15) is 0 Å². The van der Waals surface area contributed by atoms with Crippen LogP contribution >= 0.6 is 0 Å². The molecule has 1 aromatic heterocycles. The van der Waals surface area contributed by atoms with Gasteiger partial charge >= 0.3 is 0 Å². The zero-order valence-corrected chi connectivity index (χ0v) is 9.55. The molecule has 0 aromatic carbocycles. The van der Waals surface area contributed by atoms with E-state index in [-0.39, 0.29) is 11.3 Å². The molecule has 3 N–H and O–H groups in total. The Labute approximate surface area is 90.5 Å². The molecule has 15 heavy (non-hydrogen) atoms. The van der Waals surface area contributed by atoms with Gasteiger partial charge in [0.25, 0.3) is 5.91 Å². The number of H-pyrrole nitrogens is 1. The van der Waals surface area contributed by atoms with E-state index in [1.165, 1.54) is 0 Å². The molecule has 84 valence electrons. The second-order valence-corrected chi connectivity index (χ2v) is 4.48. The van der Waals surface area contributed by atoms with E-state index in [1.807, 2.05) is 7.05 Å². The molecule has 1 heterocycles. The molecule has 0 aliphatic rings. The number of aromatic nitrogens is 1.